The van der Waals surface area contributed by atoms with Crippen LogP contribution in [0.15, 0.2) is 91.1 Å². The Kier molecular flexibility index (Phi) is 7.06. The third-order valence-corrected chi connectivity index (χ3v) is 6.38. The van der Waals surface area contributed by atoms with Crippen molar-refractivity contribution in [3.63, 3.8) is 0 Å². The van der Waals surface area contributed by atoms with Crippen LogP contribution in [-0.4, -0.2) is 28.4 Å². The highest BCUT2D eigenvalue weighted by atomic mass is 19.4. The lowest BCUT2D eigenvalue weighted by Crippen LogP contribution is -2.20. The zero-order valence-electron chi connectivity index (χ0n) is 20.6. The number of alkyl halides is 3. The molecule has 0 atom stereocenters. The van der Waals surface area contributed by atoms with Crippen molar-refractivity contribution in [1.82, 2.24) is 4.98 Å². The number of benzene rings is 3. The van der Waals surface area contributed by atoms with E-state index in [-0.39, 0.29) is 22.6 Å². The normalized spacial score (nSPS) is 13.1. The molecule has 0 saturated heterocycles. The maximum absolute atomic E-state index is 13.1. The number of carbonyl (C=O) groups excluding carboxylic acids is 1. The van der Waals surface area contributed by atoms with E-state index in [4.69, 9.17) is 4.74 Å². The molecule has 4 aromatic rings. The van der Waals surface area contributed by atoms with E-state index >= 15 is 0 Å². The van der Waals surface area contributed by atoms with Gasteiger partial charge in [0, 0.05) is 17.8 Å². The number of aromatic nitrogens is 1. The van der Waals surface area contributed by atoms with E-state index in [1.54, 1.807) is 36.4 Å². The lowest BCUT2D eigenvalue weighted by molar-refractivity contribution is -0.137. The summed E-state index contributed by atoms with van der Waals surface area (Å²) in [5.74, 6) is -0.731. The summed E-state index contributed by atoms with van der Waals surface area (Å²) in [4.78, 5) is 31.2. The Hall–Kier alpha value is -4.66. The number of carboxylic acids is 1. The quantitative estimate of drug-likeness (QED) is 0.227. The number of rotatable bonds is 9. The number of para-hydroxylation sites is 1. The van der Waals surface area contributed by atoms with Gasteiger partial charge in [-0.3, -0.25) is 9.78 Å². The van der Waals surface area contributed by atoms with Crippen LogP contribution in [0, 0.1) is 5.92 Å². The summed E-state index contributed by atoms with van der Waals surface area (Å²) in [6, 6.07) is 21.0. The molecule has 0 amide bonds. The summed E-state index contributed by atoms with van der Waals surface area (Å²) in [6.45, 7) is 0.616. The van der Waals surface area contributed by atoms with Gasteiger partial charge in [0.05, 0.1) is 17.4 Å². The molecule has 0 spiro atoms. The Labute approximate surface area is 222 Å². The fraction of sp³-hybridized carbons (Fsp3) is 0.167. The van der Waals surface area contributed by atoms with Crippen LogP contribution >= 0.6 is 0 Å². The number of aromatic carboxylic acids is 1. The third-order valence-electron chi connectivity index (χ3n) is 6.38. The Bertz CT molecular complexity index is 1480. The molecular weight excluding hydrogens is 509 g/mol. The Balaban J connectivity index is 1.38. The number of carbonyl (C=O) groups is 2. The van der Waals surface area contributed by atoms with Crippen molar-refractivity contribution >= 4 is 23.1 Å². The lowest BCUT2D eigenvalue weighted by Gasteiger charge is -2.25. The molecular formula is C30H23F3N2O4. The molecule has 1 saturated carbocycles. The van der Waals surface area contributed by atoms with Gasteiger partial charge in [-0.15, -0.1) is 0 Å². The number of anilines is 2. The molecule has 0 unspecified atom stereocenters. The number of pyridine rings is 1. The average molecular weight is 533 g/mol. The first kappa shape index (κ1) is 26.0. The lowest BCUT2D eigenvalue weighted by atomic mass is 10.0. The van der Waals surface area contributed by atoms with Crippen LogP contribution in [0.25, 0.3) is 0 Å². The fourth-order valence-corrected chi connectivity index (χ4v) is 4.12. The number of halogens is 3. The molecule has 198 valence electrons. The van der Waals surface area contributed by atoms with Crippen LogP contribution in [0.2, 0.25) is 0 Å². The largest absolute Gasteiger partial charge is 0.478 e. The molecule has 9 heteroatoms. The number of hydrogen-bond acceptors (Lipinski definition) is 5. The predicted molar refractivity (Wildman–Crippen MR) is 139 cm³/mol. The smallest absolute Gasteiger partial charge is 0.416 e. The molecule has 0 radical (unpaired) electrons. The average Bonchev–Trinajstić information content (AvgIpc) is 3.76. The van der Waals surface area contributed by atoms with Gasteiger partial charge in [0.15, 0.2) is 0 Å². The molecule has 1 aliphatic rings. The first-order chi connectivity index (χ1) is 18.7. The zero-order valence-corrected chi connectivity index (χ0v) is 20.6. The van der Waals surface area contributed by atoms with Gasteiger partial charge >= 0.3 is 12.1 Å². The minimum atomic E-state index is -4.42. The topological polar surface area (TPSA) is 79.7 Å². The molecule has 6 nitrogen and oxygen atoms in total. The van der Waals surface area contributed by atoms with Crippen molar-refractivity contribution in [2.45, 2.75) is 19.0 Å². The van der Waals surface area contributed by atoms with E-state index in [1.165, 1.54) is 42.6 Å². The second-order valence-electron chi connectivity index (χ2n) is 9.26. The van der Waals surface area contributed by atoms with Crippen LogP contribution in [0.3, 0.4) is 0 Å². The molecule has 39 heavy (non-hydrogen) atoms. The van der Waals surface area contributed by atoms with Crippen LogP contribution in [0.4, 0.5) is 24.5 Å². The van der Waals surface area contributed by atoms with Gasteiger partial charge in [0.2, 0.25) is 5.78 Å². The van der Waals surface area contributed by atoms with E-state index in [9.17, 15) is 27.9 Å². The highest BCUT2D eigenvalue weighted by Crippen LogP contribution is 2.37. The van der Waals surface area contributed by atoms with E-state index in [2.05, 4.69) is 4.98 Å². The first-order valence-electron chi connectivity index (χ1n) is 12.2. The Morgan fingerprint density at radius 2 is 1.62 bits per heavy atom. The van der Waals surface area contributed by atoms with E-state index in [0.717, 1.165) is 25.0 Å². The van der Waals surface area contributed by atoms with Crippen LogP contribution in [0.1, 0.15) is 44.8 Å². The van der Waals surface area contributed by atoms with Gasteiger partial charge < -0.3 is 14.7 Å². The molecule has 1 heterocycles. The second-order valence-corrected chi connectivity index (χ2v) is 9.26. The molecule has 3 aromatic carbocycles. The van der Waals surface area contributed by atoms with Crippen molar-refractivity contribution < 1.29 is 32.6 Å². The molecule has 1 aliphatic carbocycles. The fourth-order valence-electron chi connectivity index (χ4n) is 4.12. The standard InChI is InChI=1S/C30H23F3N2O4/c31-30(32,33)21-9-11-22(12-10-21)35(18-19-6-7-19)23-13-14-26(34-17-23)28(36)20-8-15-27(25(16-20)29(37)38)39-24-4-2-1-3-5-24/h1-5,8-17,19H,6-7,18H2,(H,37,38). The monoisotopic (exact) mass is 532 g/mol. The number of ether oxygens (including phenoxy) is 1. The van der Waals surface area contributed by atoms with E-state index in [0.29, 0.717) is 29.6 Å². The van der Waals surface area contributed by atoms with Gasteiger partial charge in [-0.25, -0.2) is 4.79 Å². The van der Waals surface area contributed by atoms with Crippen molar-refractivity contribution in [2.75, 3.05) is 11.4 Å². The van der Waals surface area contributed by atoms with Gasteiger partial charge in [-0.1, -0.05) is 18.2 Å². The molecule has 1 N–H and O–H groups in total. The minimum absolute atomic E-state index is 0.0980. The number of ketones is 1. The molecule has 1 aromatic heterocycles. The maximum atomic E-state index is 13.1. The molecule has 0 aliphatic heterocycles. The highest BCUT2D eigenvalue weighted by molar-refractivity contribution is 6.09. The summed E-state index contributed by atoms with van der Waals surface area (Å²) >= 11 is 0. The van der Waals surface area contributed by atoms with Gasteiger partial charge in [0.25, 0.3) is 0 Å². The summed E-state index contributed by atoms with van der Waals surface area (Å²) in [5.41, 5.74) is 0.569. The van der Waals surface area contributed by atoms with Crippen molar-refractivity contribution in [3.8, 4) is 11.5 Å². The summed E-state index contributed by atoms with van der Waals surface area (Å²) in [5, 5.41) is 9.69. The summed E-state index contributed by atoms with van der Waals surface area (Å²) < 4.78 is 44.7. The van der Waals surface area contributed by atoms with Crippen LogP contribution in [0.5, 0.6) is 11.5 Å². The Morgan fingerprint density at radius 3 is 2.21 bits per heavy atom. The zero-order chi connectivity index (χ0) is 27.6. The highest BCUT2D eigenvalue weighted by Gasteiger charge is 2.31. The van der Waals surface area contributed by atoms with Gasteiger partial charge in [-0.05, 0) is 85.5 Å². The summed E-state index contributed by atoms with van der Waals surface area (Å²) in [6.07, 6.45) is -0.845. The van der Waals surface area contributed by atoms with Crippen molar-refractivity contribution in [3.05, 3.63) is 114 Å². The van der Waals surface area contributed by atoms with Crippen LogP contribution in [-0.2, 0) is 6.18 Å². The van der Waals surface area contributed by atoms with Crippen molar-refractivity contribution in [2.24, 2.45) is 5.92 Å². The number of carboxylic acid groups (broad SMARTS) is 1. The van der Waals surface area contributed by atoms with Crippen molar-refractivity contribution in [1.29, 1.82) is 0 Å². The van der Waals surface area contributed by atoms with E-state index in [1.807, 2.05) is 4.90 Å². The van der Waals surface area contributed by atoms with E-state index < -0.39 is 23.5 Å². The first-order valence-corrected chi connectivity index (χ1v) is 12.2. The van der Waals surface area contributed by atoms with Crippen LogP contribution < -0.4 is 9.64 Å². The summed E-state index contributed by atoms with van der Waals surface area (Å²) in [7, 11) is 0. The number of nitrogens with zero attached hydrogens (tertiary/aromatic N) is 2. The SMILES string of the molecule is O=C(c1ccc(Oc2ccccc2)c(C(=O)O)c1)c1ccc(N(CC2CC2)c2ccc(C(F)(F)F)cc2)cn1. The van der Waals surface area contributed by atoms with Gasteiger partial charge in [-0.2, -0.15) is 13.2 Å². The molecule has 5 rings (SSSR count). The second kappa shape index (κ2) is 10.6. The maximum Gasteiger partial charge on any atom is 0.416 e. The molecule has 0 bridgehead atoms. The number of hydrogen-bond donors (Lipinski definition) is 1. The third kappa shape index (κ3) is 6.09. The van der Waals surface area contributed by atoms with Gasteiger partial charge in [0.1, 0.15) is 22.8 Å². The predicted octanol–water partition coefficient (Wildman–Crippen LogP) is 7.37. The Morgan fingerprint density at radius 1 is 0.923 bits per heavy atom. The molecule has 1 fully saturated rings. The minimum Gasteiger partial charge on any atom is -0.478 e.